The second-order valence-electron chi connectivity index (χ2n) is 5.07. The lowest BCUT2D eigenvalue weighted by molar-refractivity contribution is 0.0224. The molecule has 0 N–H and O–H groups in total. The van der Waals surface area contributed by atoms with E-state index in [0.29, 0.717) is 13.2 Å². The van der Waals surface area contributed by atoms with Gasteiger partial charge in [0.05, 0.1) is 6.61 Å². The molecule has 1 aliphatic rings. The maximum absolute atomic E-state index is 5.78. The molecule has 0 spiro atoms. The fourth-order valence-electron chi connectivity index (χ4n) is 1.89. The summed E-state index contributed by atoms with van der Waals surface area (Å²) in [7, 11) is 0. The van der Waals surface area contributed by atoms with Crippen LogP contribution in [0, 0.1) is 0 Å². The van der Waals surface area contributed by atoms with Gasteiger partial charge in [0.1, 0.15) is 35.7 Å². The minimum Gasteiger partial charge on any atom is -0.491 e. The van der Waals surface area contributed by atoms with E-state index in [1.807, 2.05) is 55.5 Å². The normalized spacial score (nSPS) is 16.0. The van der Waals surface area contributed by atoms with Crippen LogP contribution in [0.5, 0.6) is 23.0 Å². The van der Waals surface area contributed by atoms with Crippen molar-refractivity contribution in [3.05, 3.63) is 48.5 Å². The van der Waals surface area contributed by atoms with E-state index in [9.17, 15) is 0 Å². The molecule has 1 saturated heterocycles. The summed E-state index contributed by atoms with van der Waals surface area (Å²) in [4.78, 5) is 0. The maximum atomic E-state index is 5.78. The Labute approximate surface area is 135 Å². The molecule has 3 rings (SSSR count). The largest absolute Gasteiger partial charge is 0.491 e. The average molecular weight is 316 g/mol. The van der Waals surface area contributed by atoms with Gasteiger partial charge in [0.15, 0.2) is 6.79 Å². The van der Waals surface area contributed by atoms with Crippen molar-refractivity contribution in [3.63, 3.8) is 0 Å². The van der Waals surface area contributed by atoms with Gasteiger partial charge in [-0.1, -0.05) is 0 Å². The Morgan fingerprint density at radius 2 is 1.39 bits per heavy atom. The van der Waals surface area contributed by atoms with E-state index in [1.165, 1.54) is 0 Å². The molecule has 0 amide bonds. The molecule has 2 aromatic carbocycles. The standard InChI is InChI=1S/C18H20O5/c1-2-19-13-22-15-5-9-17(10-6-15)23-16-7-3-14(4-8-16)20-11-18-12-21-18/h3-10,18H,2,11-13H2,1H3. The number of epoxide rings is 1. The topological polar surface area (TPSA) is 49.5 Å². The first-order valence-corrected chi connectivity index (χ1v) is 7.66. The Bertz CT molecular complexity index is 590. The molecular weight excluding hydrogens is 296 g/mol. The molecule has 5 heteroatoms. The van der Waals surface area contributed by atoms with E-state index in [2.05, 4.69) is 0 Å². The molecule has 0 radical (unpaired) electrons. The van der Waals surface area contributed by atoms with Gasteiger partial charge in [-0.25, -0.2) is 0 Å². The van der Waals surface area contributed by atoms with Crippen LogP contribution in [0.4, 0.5) is 0 Å². The summed E-state index contributed by atoms with van der Waals surface area (Å²) in [6.45, 7) is 4.21. The summed E-state index contributed by atoms with van der Waals surface area (Å²) in [5.41, 5.74) is 0. The predicted molar refractivity (Wildman–Crippen MR) is 85.3 cm³/mol. The van der Waals surface area contributed by atoms with Crippen molar-refractivity contribution in [1.29, 1.82) is 0 Å². The highest BCUT2D eigenvalue weighted by molar-refractivity contribution is 5.37. The van der Waals surface area contributed by atoms with Crippen LogP contribution in [0.2, 0.25) is 0 Å². The van der Waals surface area contributed by atoms with Crippen molar-refractivity contribution >= 4 is 0 Å². The molecule has 1 heterocycles. The first kappa shape index (κ1) is 15.6. The molecule has 0 aromatic heterocycles. The Morgan fingerprint density at radius 1 is 0.870 bits per heavy atom. The van der Waals surface area contributed by atoms with Gasteiger partial charge in [-0.3, -0.25) is 0 Å². The summed E-state index contributed by atoms with van der Waals surface area (Å²) in [6, 6.07) is 14.9. The van der Waals surface area contributed by atoms with Gasteiger partial charge < -0.3 is 23.7 Å². The van der Waals surface area contributed by atoms with Crippen LogP contribution in [0.3, 0.4) is 0 Å². The molecule has 1 fully saturated rings. The molecule has 23 heavy (non-hydrogen) atoms. The lowest BCUT2D eigenvalue weighted by atomic mass is 10.3. The van der Waals surface area contributed by atoms with E-state index >= 15 is 0 Å². The molecule has 0 saturated carbocycles. The van der Waals surface area contributed by atoms with Crippen molar-refractivity contribution in [2.75, 3.05) is 26.6 Å². The lowest BCUT2D eigenvalue weighted by Crippen LogP contribution is -2.03. The number of rotatable bonds is 9. The van der Waals surface area contributed by atoms with Gasteiger partial charge in [-0.2, -0.15) is 0 Å². The summed E-state index contributed by atoms with van der Waals surface area (Å²) in [5, 5.41) is 0. The Hall–Kier alpha value is -2.24. The van der Waals surface area contributed by atoms with Crippen LogP contribution in [-0.4, -0.2) is 32.7 Å². The molecule has 0 bridgehead atoms. The van der Waals surface area contributed by atoms with Gasteiger partial charge in [0, 0.05) is 6.61 Å². The minimum absolute atomic E-state index is 0.254. The number of ether oxygens (including phenoxy) is 5. The molecule has 0 aliphatic carbocycles. The van der Waals surface area contributed by atoms with Gasteiger partial charge in [0.2, 0.25) is 0 Å². The lowest BCUT2D eigenvalue weighted by Gasteiger charge is -2.09. The zero-order valence-corrected chi connectivity index (χ0v) is 13.1. The molecule has 1 aliphatic heterocycles. The van der Waals surface area contributed by atoms with E-state index in [1.54, 1.807) is 0 Å². The summed E-state index contributed by atoms with van der Waals surface area (Å²) >= 11 is 0. The minimum atomic E-state index is 0.254. The van der Waals surface area contributed by atoms with Gasteiger partial charge in [0.25, 0.3) is 0 Å². The van der Waals surface area contributed by atoms with Crippen LogP contribution in [0.15, 0.2) is 48.5 Å². The van der Waals surface area contributed by atoms with Crippen molar-refractivity contribution < 1.29 is 23.7 Å². The summed E-state index contributed by atoms with van der Waals surface area (Å²) in [5.74, 6) is 3.06. The summed E-state index contributed by atoms with van der Waals surface area (Å²) < 4.78 is 27.0. The molecule has 122 valence electrons. The van der Waals surface area contributed by atoms with Gasteiger partial charge >= 0.3 is 0 Å². The molecule has 1 unspecified atom stereocenters. The van der Waals surface area contributed by atoms with Crippen LogP contribution in [-0.2, 0) is 9.47 Å². The number of hydrogen-bond donors (Lipinski definition) is 0. The zero-order valence-electron chi connectivity index (χ0n) is 13.1. The van der Waals surface area contributed by atoms with Crippen LogP contribution in [0.25, 0.3) is 0 Å². The van der Waals surface area contributed by atoms with E-state index in [4.69, 9.17) is 23.7 Å². The Morgan fingerprint density at radius 3 is 1.91 bits per heavy atom. The SMILES string of the molecule is CCOCOc1ccc(Oc2ccc(OCC3CO3)cc2)cc1. The zero-order chi connectivity index (χ0) is 15.9. The maximum Gasteiger partial charge on any atom is 0.189 e. The highest BCUT2D eigenvalue weighted by atomic mass is 16.7. The number of benzene rings is 2. The predicted octanol–water partition coefficient (Wildman–Crippen LogP) is 3.63. The van der Waals surface area contributed by atoms with Crippen molar-refractivity contribution in [3.8, 4) is 23.0 Å². The summed E-state index contributed by atoms with van der Waals surface area (Å²) in [6.07, 6.45) is 0.259. The van der Waals surface area contributed by atoms with Gasteiger partial charge in [-0.15, -0.1) is 0 Å². The fourth-order valence-corrected chi connectivity index (χ4v) is 1.89. The first-order valence-electron chi connectivity index (χ1n) is 7.66. The third kappa shape index (κ3) is 5.16. The second kappa shape index (κ2) is 7.85. The monoisotopic (exact) mass is 316 g/mol. The molecular formula is C18H20O5. The third-order valence-electron chi connectivity index (χ3n) is 3.23. The second-order valence-corrected chi connectivity index (χ2v) is 5.07. The molecule has 1 atom stereocenters. The molecule has 2 aromatic rings. The number of hydrogen-bond acceptors (Lipinski definition) is 5. The van der Waals surface area contributed by atoms with Crippen LogP contribution < -0.4 is 14.2 Å². The fraction of sp³-hybridized carbons (Fsp3) is 0.333. The van der Waals surface area contributed by atoms with E-state index in [-0.39, 0.29) is 12.9 Å². The van der Waals surface area contributed by atoms with E-state index < -0.39 is 0 Å². The Balaban J connectivity index is 1.49. The van der Waals surface area contributed by atoms with Crippen LogP contribution >= 0.6 is 0 Å². The Kier molecular flexibility index (Phi) is 5.34. The molecule has 5 nitrogen and oxygen atoms in total. The highest BCUT2D eigenvalue weighted by Crippen LogP contribution is 2.26. The van der Waals surface area contributed by atoms with Crippen LogP contribution in [0.1, 0.15) is 6.92 Å². The highest BCUT2D eigenvalue weighted by Gasteiger charge is 2.22. The van der Waals surface area contributed by atoms with Crippen molar-refractivity contribution in [2.24, 2.45) is 0 Å². The third-order valence-corrected chi connectivity index (χ3v) is 3.23. The average Bonchev–Trinajstić information content (AvgIpc) is 3.40. The van der Waals surface area contributed by atoms with Crippen molar-refractivity contribution in [1.82, 2.24) is 0 Å². The first-order chi connectivity index (χ1) is 11.3. The smallest absolute Gasteiger partial charge is 0.189 e. The van der Waals surface area contributed by atoms with Gasteiger partial charge in [-0.05, 0) is 55.5 Å². The quantitative estimate of drug-likeness (QED) is 0.402. The van der Waals surface area contributed by atoms with Crippen molar-refractivity contribution in [2.45, 2.75) is 13.0 Å². The van der Waals surface area contributed by atoms with E-state index in [0.717, 1.165) is 29.6 Å².